The van der Waals surface area contributed by atoms with Crippen molar-refractivity contribution in [1.29, 1.82) is 5.26 Å². The zero-order valence-corrected chi connectivity index (χ0v) is 16.0. The highest BCUT2D eigenvalue weighted by Gasteiger charge is 2.19. The maximum Gasteiger partial charge on any atom is 0.0953 e. The van der Waals surface area contributed by atoms with Crippen molar-refractivity contribution in [3.8, 4) is 6.07 Å². The Hall–Kier alpha value is -2.60. The molecule has 3 heteroatoms. The second-order valence-corrected chi connectivity index (χ2v) is 5.27. The molecule has 25 heavy (non-hydrogen) atoms. The van der Waals surface area contributed by atoms with Crippen LogP contribution >= 0.6 is 0 Å². The van der Waals surface area contributed by atoms with Crippen LogP contribution in [0.5, 0.6) is 0 Å². The Bertz CT molecular complexity index is 782. The van der Waals surface area contributed by atoms with Gasteiger partial charge in [-0.3, -0.25) is 5.10 Å². The fourth-order valence-corrected chi connectivity index (χ4v) is 2.84. The minimum Gasteiger partial charge on any atom is -0.281 e. The minimum atomic E-state index is 0.178. The highest BCUT2D eigenvalue weighted by Crippen LogP contribution is 2.33. The van der Waals surface area contributed by atoms with E-state index in [0.717, 1.165) is 23.0 Å². The third-order valence-electron chi connectivity index (χ3n) is 3.91. The molecular weight excluding hydrogens is 306 g/mol. The Balaban J connectivity index is 0.000000730. The molecule has 132 valence electrons. The largest absolute Gasteiger partial charge is 0.281 e. The van der Waals surface area contributed by atoms with Crippen LogP contribution in [0, 0.1) is 18.3 Å². The number of aryl methyl sites for hydroxylation is 1. The third kappa shape index (κ3) is 4.93. The van der Waals surface area contributed by atoms with E-state index in [1.807, 2.05) is 45.9 Å². The second-order valence-electron chi connectivity index (χ2n) is 5.27. The van der Waals surface area contributed by atoms with Crippen LogP contribution in [0.15, 0.2) is 48.5 Å². The number of rotatable bonds is 4. The maximum atomic E-state index is 8.94. The van der Waals surface area contributed by atoms with E-state index >= 15 is 0 Å². The summed E-state index contributed by atoms with van der Waals surface area (Å²) in [6.45, 7) is 10.1. The van der Waals surface area contributed by atoms with Gasteiger partial charge >= 0.3 is 0 Å². The third-order valence-corrected chi connectivity index (χ3v) is 3.91. The molecular formula is C22H29N3. The quantitative estimate of drug-likeness (QED) is 0.603. The van der Waals surface area contributed by atoms with Crippen LogP contribution in [0.2, 0.25) is 0 Å². The fourth-order valence-electron chi connectivity index (χ4n) is 2.84. The lowest BCUT2D eigenvalue weighted by atomic mass is 9.89. The first-order valence-corrected chi connectivity index (χ1v) is 9.16. The van der Waals surface area contributed by atoms with Gasteiger partial charge in [-0.05, 0) is 24.5 Å². The fraction of sp³-hybridized carbons (Fsp3) is 0.364. The standard InChI is InChI=1S/C18H17N3.2C2H6/c1-13-7-5-10-16-17(13)20-21-18(16)15(11-6-12-19)14-8-3-2-4-9-14;2*1-2/h2-5,7-10,15H,6,11H2,1H3,(H,20,21);2*1-2H3. The molecule has 3 aromatic rings. The van der Waals surface area contributed by atoms with Gasteiger partial charge < -0.3 is 0 Å². The van der Waals surface area contributed by atoms with Crippen LogP contribution in [0.1, 0.15) is 63.3 Å². The lowest BCUT2D eigenvalue weighted by Gasteiger charge is -2.15. The average Bonchev–Trinajstić information content (AvgIpc) is 3.12. The number of nitrogens with one attached hydrogen (secondary N) is 1. The Morgan fingerprint density at radius 3 is 2.32 bits per heavy atom. The predicted octanol–water partition coefficient (Wildman–Crippen LogP) is 6.36. The number of hydrogen-bond donors (Lipinski definition) is 1. The Morgan fingerprint density at radius 2 is 1.68 bits per heavy atom. The molecule has 1 aromatic heterocycles. The van der Waals surface area contributed by atoms with E-state index in [1.54, 1.807) is 0 Å². The maximum absolute atomic E-state index is 8.94. The van der Waals surface area contributed by atoms with Crippen molar-refractivity contribution in [3.63, 3.8) is 0 Å². The normalized spacial score (nSPS) is 10.7. The molecule has 0 spiro atoms. The summed E-state index contributed by atoms with van der Waals surface area (Å²) >= 11 is 0. The van der Waals surface area contributed by atoms with Crippen LogP contribution in [-0.4, -0.2) is 10.2 Å². The van der Waals surface area contributed by atoms with Crippen LogP contribution < -0.4 is 0 Å². The first-order valence-electron chi connectivity index (χ1n) is 9.16. The van der Waals surface area contributed by atoms with Gasteiger partial charge in [0.25, 0.3) is 0 Å². The smallest absolute Gasteiger partial charge is 0.0953 e. The van der Waals surface area contributed by atoms with Gasteiger partial charge in [-0.25, -0.2) is 0 Å². The molecule has 1 N–H and O–H groups in total. The van der Waals surface area contributed by atoms with E-state index in [4.69, 9.17) is 5.26 Å². The number of fused-ring (bicyclic) bond motifs is 1. The first kappa shape index (κ1) is 20.4. The molecule has 0 bridgehead atoms. The molecule has 1 heterocycles. The summed E-state index contributed by atoms with van der Waals surface area (Å²) in [4.78, 5) is 0. The number of para-hydroxylation sites is 1. The summed E-state index contributed by atoms with van der Waals surface area (Å²) < 4.78 is 0. The second kappa shape index (κ2) is 11.0. The van der Waals surface area contributed by atoms with Gasteiger partial charge in [-0.15, -0.1) is 0 Å². The Kier molecular flexibility index (Phi) is 9.03. The molecule has 0 radical (unpaired) electrons. The Morgan fingerprint density at radius 1 is 1.00 bits per heavy atom. The molecule has 1 atom stereocenters. The van der Waals surface area contributed by atoms with Crippen molar-refractivity contribution in [3.05, 3.63) is 65.4 Å². The van der Waals surface area contributed by atoms with Crippen molar-refractivity contribution in [2.75, 3.05) is 0 Å². The molecule has 0 saturated heterocycles. The molecule has 0 amide bonds. The number of hydrogen-bond acceptors (Lipinski definition) is 2. The van der Waals surface area contributed by atoms with Crippen LogP contribution in [0.4, 0.5) is 0 Å². The van der Waals surface area contributed by atoms with Crippen LogP contribution in [0.25, 0.3) is 10.9 Å². The van der Waals surface area contributed by atoms with Crippen molar-refractivity contribution in [2.45, 2.75) is 53.4 Å². The summed E-state index contributed by atoms with van der Waals surface area (Å²) in [7, 11) is 0. The molecule has 0 aliphatic heterocycles. The van der Waals surface area contributed by atoms with Crippen LogP contribution in [-0.2, 0) is 0 Å². The van der Waals surface area contributed by atoms with E-state index in [0.29, 0.717) is 6.42 Å². The summed E-state index contributed by atoms with van der Waals surface area (Å²) in [5, 5.41) is 17.8. The lowest BCUT2D eigenvalue weighted by molar-refractivity contribution is 0.712. The van der Waals surface area contributed by atoms with E-state index in [-0.39, 0.29) is 5.92 Å². The molecule has 3 nitrogen and oxygen atoms in total. The number of nitrogens with zero attached hydrogens (tertiary/aromatic N) is 2. The van der Waals surface area contributed by atoms with E-state index in [9.17, 15) is 0 Å². The van der Waals surface area contributed by atoms with Crippen molar-refractivity contribution in [1.82, 2.24) is 10.2 Å². The van der Waals surface area contributed by atoms with Crippen molar-refractivity contribution < 1.29 is 0 Å². The van der Waals surface area contributed by atoms with Gasteiger partial charge in [-0.2, -0.15) is 10.4 Å². The van der Waals surface area contributed by atoms with Gasteiger partial charge in [-0.1, -0.05) is 76.2 Å². The molecule has 3 rings (SSSR count). The molecule has 0 fully saturated rings. The van der Waals surface area contributed by atoms with Crippen molar-refractivity contribution >= 4 is 10.9 Å². The zero-order chi connectivity index (χ0) is 18.7. The lowest BCUT2D eigenvalue weighted by Crippen LogP contribution is -2.02. The number of benzene rings is 2. The van der Waals surface area contributed by atoms with Gasteiger partial charge in [0.1, 0.15) is 0 Å². The van der Waals surface area contributed by atoms with Gasteiger partial charge in [0, 0.05) is 17.7 Å². The van der Waals surface area contributed by atoms with Crippen LogP contribution in [0.3, 0.4) is 0 Å². The topological polar surface area (TPSA) is 52.5 Å². The zero-order valence-electron chi connectivity index (χ0n) is 16.0. The Labute approximate surface area is 151 Å². The number of aromatic nitrogens is 2. The summed E-state index contributed by atoms with van der Waals surface area (Å²) in [5.74, 6) is 0.178. The van der Waals surface area contributed by atoms with E-state index < -0.39 is 0 Å². The highest BCUT2D eigenvalue weighted by molar-refractivity contribution is 5.85. The highest BCUT2D eigenvalue weighted by atomic mass is 15.1. The average molecular weight is 335 g/mol. The molecule has 0 aliphatic carbocycles. The molecule has 1 unspecified atom stereocenters. The van der Waals surface area contributed by atoms with Gasteiger partial charge in [0.2, 0.25) is 0 Å². The minimum absolute atomic E-state index is 0.178. The first-order chi connectivity index (χ1) is 12.3. The van der Waals surface area contributed by atoms with Gasteiger partial charge in [0.05, 0.1) is 17.3 Å². The molecule has 2 aromatic carbocycles. The summed E-state index contributed by atoms with van der Waals surface area (Å²) in [6, 6.07) is 18.8. The summed E-state index contributed by atoms with van der Waals surface area (Å²) in [6.07, 6.45) is 1.33. The van der Waals surface area contributed by atoms with Gasteiger partial charge in [0.15, 0.2) is 0 Å². The number of nitriles is 1. The van der Waals surface area contributed by atoms with E-state index in [1.165, 1.54) is 11.1 Å². The number of aromatic amines is 1. The SMILES string of the molecule is CC.CC.Cc1cccc2c(C(CCC#N)c3ccccc3)[nH]nc12. The molecule has 0 saturated carbocycles. The molecule has 0 aliphatic rings. The predicted molar refractivity (Wildman–Crippen MR) is 107 cm³/mol. The van der Waals surface area contributed by atoms with Crippen molar-refractivity contribution in [2.24, 2.45) is 0 Å². The summed E-state index contributed by atoms with van der Waals surface area (Å²) in [5.41, 5.74) is 4.52. The van der Waals surface area contributed by atoms with E-state index in [2.05, 4.69) is 53.5 Å². The number of H-pyrrole nitrogens is 1. The monoisotopic (exact) mass is 335 g/mol.